The number of ether oxygens (including phenoxy) is 1. The van der Waals surface area contributed by atoms with Crippen molar-refractivity contribution in [1.29, 1.82) is 0 Å². The summed E-state index contributed by atoms with van der Waals surface area (Å²) < 4.78 is 23.6. The third-order valence-corrected chi connectivity index (χ3v) is 8.71. The Morgan fingerprint density at radius 3 is 2.52 bits per heavy atom. The molecule has 2 fully saturated rings. The van der Waals surface area contributed by atoms with Crippen molar-refractivity contribution in [3.05, 3.63) is 67.7 Å². The second-order valence-corrected chi connectivity index (χ2v) is 12.3. The third-order valence-electron chi connectivity index (χ3n) is 8.13. The van der Waals surface area contributed by atoms with Crippen LogP contribution in [0.2, 0.25) is 10.0 Å². The van der Waals surface area contributed by atoms with E-state index in [1.807, 2.05) is 30.2 Å². The summed E-state index contributed by atoms with van der Waals surface area (Å²) in [4.78, 5) is 43.3. The van der Waals surface area contributed by atoms with Crippen LogP contribution in [0.1, 0.15) is 55.6 Å². The van der Waals surface area contributed by atoms with Gasteiger partial charge in [0, 0.05) is 60.4 Å². The van der Waals surface area contributed by atoms with Gasteiger partial charge in [-0.1, -0.05) is 43.1 Å². The van der Waals surface area contributed by atoms with E-state index in [0.717, 1.165) is 12.8 Å². The molecule has 224 valence electrons. The van der Waals surface area contributed by atoms with Crippen molar-refractivity contribution in [2.24, 2.45) is 5.92 Å². The largest absolute Gasteiger partial charge is 0.492 e. The molecule has 2 aromatic carbocycles. The predicted octanol–water partition coefficient (Wildman–Crippen LogP) is 5.46. The Bertz CT molecular complexity index is 1600. The van der Waals surface area contributed by atoms with Gasteiger partial charge >= 0.3 is 0 Å². The van der Waals surface area contributed by atoms with E-state index < -0.39 is 17.2 Å². The highest BCUT2D eigenvalue weighted by Crippen LogP contribution is 2.44. The molecule has 1 aromatic heterocycles. The Morgan fingerprint density at radius 1 is 1.17 bits per heavy atom. The van der Waals surface area contributed by atoms with E-state index in [9.17, 15) is 14.4 Å². The number of ketones is 1. The van der Waals surface area contributed by atoms with E-state index >= 15 is 4.39 Å². The maximum absolute atomic E-state index is 15.9. The number of anilines is 1. The fourth-order valence-electron chi connectivity index (χ4n) is 5.49. The van der Waals surface area contributed by atoms with Crippen molar-refractivity contribution < 1.29 is 18.7 Å². The SMILES string of the molecule is COc1c(N2CCN(CC(=O)C(C)C)C(C)C2)c(F)cc2c(=O)c(C(=O)NCc3ccc(Cl)cc3Cl)cn(C3CC3)c12. The van der Waals surface area contributed by atoms with E-state index in [1.165, 1.54) is 13.2 Å². The van der Waals surface area contributed by atoms with Gasteiger partial charge in [-0.15, -0.1) is 0 Å². The lowest BCUT2D eigenvalue weighted by molar-refractivity contribution is -0.123. The number of carbonyl (C=O) groups excluding carboxylic acids is 2. The first-order valence-corrected chi connectivity index (χ1v) is 14.9. The van der Waals surface area contributed by atoms with Crippen LogP contribution in [0, 0.1) is 11.7 Å². The summed E-state index contributed by atoms with van der Waals surface area (Å²) in [7, 11) is 1.47. The lowest BCUT2D eigenvalue weighted by Crippen LogP contribution is -2.53. The van der Waals surface area contributed by atoms with Gasteiger partial charge in [0.25, 0.3) is 5.91 Å². The lowest BCUT2D eigenvalue weighted by atomic mass is 10.0. The van der Waals surface area contributed by atoms with Crippen molar-refractivity contribution >= 4 is 51.5 Å². The normalized spacial score (nSPS) is 17.6. The molecule has 1 N–H and O–H groups in total. The van der Waals surface area contributed by atoms with E-state index in [4.69, 9.17) is 27.9 Å². The maximum Gasteiger partial charge on any atom is 0.257 e. The van der Waals surface area contributed by atoms with E-state index in [2.05, 4.69) is 10.2 Å². The van der Waals surface area contributed by atoms with Gasteiger partial charge in [-0.2, -0.15) is 0 Å². The first-order chi connectivity index (χ1) is 20.0. The van der Waals surface area contributed by atoms with Gasteiger partial charge in [0.15, 0.2) is 11.6 Å². The number of piperazine rings is 1. The van der Waals surface area contributed by atoms with Gasteiger partial charge in [0.05, 0.1) is 24.6 Å². The Balaban J connectivity index is 1.49. The standard InChI is InChI=1S/C31H35Cl2FN4O4/c1-17(2)26(39)16-36-9-10-37(14-18(36)3)28-25(34)12-22-27(30(28)42-4)38(21-7-8-21)15-23(29(22)40)31(41)35-13-19-5-6-20(32)11-24(19)33/h5-6,11-12,15,17-18,21H,7-10,13-14,16H2,1-4H3,(H,35,41). The zero-order chi connectivity index (χ0) is 30.3. The molecule has 2 aliphatic rings. The molecule has 11 heteroatoms. The third kappa shape index (κ3) is 6.00. The second-order valence-electron chi connectivity index (χ2n) is 11.5. The zero-order valence-electron chi connectivity index (χ0n) is 24.2. The highest BCUT2D eigenvalue weighted by atomic mass is 35.5. The maximum atomic E-state index is 15.9. The first kappa shape index (κ1) is 30.3. The van der Waals surface area contributed by atoms with Crippen LogP contribution in [0.25, 0.3) is 10.9 Å². The number of nitrogens with zero attached hydrogens (tertiary/aromatic N) is 3. The Hall–Kier alpha value is -3.14. The van der Waals surface area contributed by atoms with Crippen LogP contribution in [0.5, 0.6) is 5.75 Å². The van der Waals surface area contributed by atoms with Crippen molar-refractivity contribution in [3.8, 4) is 5.75 Å². The number of carbonyl (C=O) groups is 2. The molecule has 1 saturated heterocycles. The van der Waals surface area contributed by atoms with Gasteiger partial charge in [0.2, 0.25) is 5.43 Å². The minimum atomic E-state index is -0.594. The molecule has 1 atom stereocenters. The van der Waals surface area contributed by atoms with Crippen molar-refractivity contribution in [2.45, 2.75) is 52.2 Å². The van der Waals surface area contributed by atoms with E-state index in [0.29, 0.717) is 47.3 Å². The van der Waals surface area contributed by atoms with Crippen molar-refractivity contribution in [3.63, 3.8) is 0 Å². The Labute approximate surface area is 254 Å². The van der Waals surface area contributed by atoms with Gasteiger partial charge in [-0.05, 0) is 43.5 Å². The molecule has 1 amide bonds. The number of Topliss-reactive ketones (excluding diaryl/α,β-unsaturated/α-hetero) is 1. The molecule has 0 bridgehead atoms. The molecule has 2 heterocycles. The highest BCUT2D eigenvalue weighted by Gasteiger charge is 2.33. The minimum absolute atomic E-state index is 0.00657. The molecule has 3 aromatic rings. The number of pyridine rings is 1. The highest BCUT2D eigenvalue weighted by molar-refractivity contribution is 6.35. The fraction of sp³-hybridized carbons (Fsp3) is 0.452. The zero-order valence-corrected chi connectivity index (χ0v) is 25.7. The lowest BCUT2D eigenvalue weighted by Gasteiger charge is -2.41. The van der Waals surface area contributed by atoms with Crippen LogP contribution in [0.4, 0.5) is 10.1 Å². The van der Waals surface area contributed by atoms with Crippen molar-refractivity contribution in [1.82, 2.24) is 14.8 Å². The number of halogens is 3. The van der Waals surface area contributed by atoms with Crippen LogP contribution >= 0.6 is 23.2 Å². The van der Waals surface area contributed by atoms with Crippen LogP contribution in [0.15, 0.2) is 35.3 Å². The summed E-state index contributed by atoms with van der Waals surface area (Å²) in [5, 5.41) is 3.73. The number of methoxy groups -OCH3 is 1. The number of fused-ring (bicyclic) bond motifs is 1. The number of hydrogen-bond acceptors (Lipinski definition) is 6. The van der Waals surface area contributed by atoms with Gasteiger partial charge in [0.1, 0.15) is 17.0 Å². The summed E-state index contributed by atoms with van der Waals surface area (Å²) in [5.41, 5.74) is 0.762. The molecule has 0 spiro atoms. The number of rotatable bonds is 9. The van der Waals surface area contributed by atoms with Crippen LogP contribution in [-0.2, 0) is 11.3 Å². The predicted molar refractivity (Wildman–Crippen MR) is 164 cm³/mol. The summed E-state index contributed by atoms with van der Waals surface area (Å²) in [6.07, 6.45) is 3.30. The summed E-state index contributed by atoms with van der Waals surface area (Å²) in [5.74, 6) is -0.772. The van der Waals surface area contributed by atoms with Crippen LogP contribution < -0.4 is 20.4 Å². The average Bonchev–Trinajstić information content (AvgIpc) is 3.79. The number of aromatic nitrogens is 1. The molecule has 8 nitrogen and oxygen atoms in total. The molecule has 1 aliphatic carbocycles. The molecule has 1 saturated carbocycles. The first-order valence-electron chi connectivity index (χ1n) is 14.2. The van der Waals surface area contributed by atoms with Gasteiger partial charge < -0.3 is 19.5 Å². The minimum Gasteiger partial charge on any atom is -0.492 e. The summed E-state index contributed by atoms with van der Waals surface area (Å²) in [6.45, 7) is 7.84. The molecule has 1 aliphatic heterocycles. The number of hydrogen-bond donors (Lipinski definition) is 1. The van der Waals surface area contributed by atoms with Gasteiger partial charge in [-0.25, -0.2) is 4.39 Å². The topological polar surface area (TPSA) is 83.9 Å². The number of nitrogens with one attached hydrogen (secondary N) is 1. The smallest absolute Gasteiger partial charge is 0.257 e. The number of benzene rings is 2. The monoisotopic (exact) mass is 616 g/mol. The quantitative estimate of drug-likeness (QED) is 0.344. The molecule has 5 rings (SSSR count). The van der Waals surface area contributed by atoms with Crippen LogP contribution in [0.3, 0.4) is 0 Å². The Morgan fingerprint density at radius 2 is 1.90 bits per heavy atom. The fourth-order valence-corrected chi connectivity index (χ4v) is 5.96. The van der Waals surface area contributed by atoms with E-state index in [-0.39, 0.29) is 52.7 Å². The van der Waals surface area contributed by atoms with Crippen molar-refractivity contribution in [2.75, 3.05) is 38.2 Å². The average molecular weight is 618 g/mol. The molecule has 42 heavy (non-hydrogen) atoms. The summed E-state index contributed by atoms with van der Waals surface area (Å²) in [6, 6.07) is 6.25. The second kappa shape index (κ2) is 12.2. The molecular formula is C31H35Cl2FN4O4. The number of amides is 1. The molecular weight excluding hydrogens is 582 g/mol. The van der Waals surface area contributed by atoms with E-state index in [1.54, 1.807) is 24.4 Å². The molecule has 0 radical (unpaired) electrons. The van der Waals surface area contributed by atoms with Gasteiger partial charge in [-0.3, -0.25) is 19.3 Å². The Kier molecular flexibility index (Phi) is 8.83. The molecule has 1 unspecified atom stereocenters. The summed E-state index contributed by atoms with van der Waals surface area (Å²) >= 11 is 12.2. The van der Waals surface area contributed by atoms with Crippen LogP contribution in [-0.4, -0.2) is 60.5 Å².